The van der Waals surface area contributed by atoms with Gasteiger partial charge < -0.3 is 5.11 Å². The van der Waals surface area contributed by atoms with E-state index in [0.29, 0.717) is 11.3 Å². The van der Waals surface area contributed by atoms with Crippen LogP contribution in [-0.4, -0.2) is 30.7 Å². The van der Waals surface area contributed by atoms with E-state index in [1.165, 1.54) is 7.05 Å². The molecule has 0 fully saturated rings. The van der Waals surface area contributed by atoms with Crippen LogP contribution in [0.4, 0.5) is 5.69 Å². The second-order valence-corrected chi connectivity index (χ2v) is 9.66. The second kappa shape index (κ2) is 9.92. The van der Waals surface area contributed by atoms with Gasteiger partial charge in [0.25, 0.3) is 10.0 Å². The summed E-state index contributed by atoms with van der Waals surface area (Å²) in [6.07, 6.45) is -1.09. The third kappa shape index (κ3) is 5.82. The smallest absolute Gasteiger partial charge is 0.265 e. The minimum Gasteiger partial charge on any atom is -0.376 e. The Bertz CT molecular complexity index is 1230. The Hall–Kier alpha value is -2.92. The maximum absolute atomic E-state index is 13.1. The van der Waals surface area contributed by atoms with Gasteiger partial charge in [0.1, 0.15) is 6.10 Å². The van der Waals surface area contributed by atoms with Crippen LogP contribution in [0.3, 0.4) is 0 Å². The quantitative estimate of drug-likeness (QED) is 0.319. The lowest BCUT2D eigenvalue weighted by Crippen LogP contribution is -2.32. The maximum Gasteiger partial charge on any atom is 0.265 e. The van der Waals surface area contributed by atoms with E-state index >= 15 is 0 Å². The summed E-state index contributed by atoms with van der Waals surface area (Å²) in [4.78, 5) is 4.55. The fourth-order valence-corrected chi connectivity index (χ4v) is 4.02. The molecule has 7 heteroatoms. The van der Waals surface area contributed by atoms with Crippen LogP contribution in [-0.2, 0) is 10.0 Å². The Balaban J connectivity index is 2.00. The van der Waals surface area contributed by atoms with Gasteiger partial charge in [-0.1, -0.05) is 69.9 Å². The van der Waals surface area contributed by atoms with Gasteiger partial charge in [-0.05, 0) is 54.8 Å². The first-order valence-corrected chi connectivity index (χ1v) is 11.6. The number of rotatable bonds is 4. The highest BCUT2D eigenvalue weighted by Gasteiger charge is 2.23. The SMILES string of the molecule is Cc1ccc(S(=O)(=O)N(C)C(C#CC(O)c2ccc(Br)cc2)=Nc2ccccc2)cc1. The summed E-state index contributed by atoms with van der Waals surface area (Å²) >= 11 is 3.35. The lowest BCUT2D eigenvalue weighted by atomic mass is 10.1. The van der Waals surface area contributed by atoms with Gasteiger partial charge >= 0.3 is 0 Å². The molecule has 1 atom stereocenters. The number of aliphatic hydroxyl groups is 1. The molecular formula is C24H21BrN2O3S. The summed E-state index contributed by atoms with van der Waals surface area (Å²) in [7, 11) is -2.48. The molecule has 158 valence electrons. The molecule has 0 aliphatic carbocycles. The monoisotopic (exact) mass is 496 g/mol. The number of aryl methyl sites for hydroxylation is 1. The Kier molecular flexibility index (Phi) is 7.29. The average Bonchev–Trinajstić information content (AvgIpc) is 2.77. The Morgan fingerprint density at radius 1 is 1.00 bits per heavy atom. The number of amidine groups is 1. The van der Waals surface area contributed by atoms with Crippen LogP contribution < -0.4 is 0 Å². The van der Waals surface area contributed by atoms with Gasteiger partial charge in [-0.3, -0.25) is 0 Å². The molecule has 3 rings (SSSR count). The first-order valence-electron chi connectivity index (χ1n) is 9.42. The summed E-state index contributed by atoms with van der Waals surface area (Å²) in [5.74, 6) is 5.46. The number of aliphatic imine (C=N–C) groups is 1. The van der Waals surface area contributed by atoms with Crippen LogP contribution in [0.1, 0.15) is 17.2 Å². The number of para-hydroxylation sites is 1. The van der Waals surface area contributed by atoms with E-state index in [-0.39, 0.29) is 10.7 Å². The largest absolute Gasteiger partial charge is 0.376 e. The molecule has 0 saturated carbocycles. The molecular weight excluding hydrogens is 476 g/mol. The predicted octanol–water partition coefficient (Wildman–Crippen LogP) is 4.85. The van der Waals surface area contributed by atoms with Crippen LogP contribution in [0.2, 0.25) is 0 Å². The van der Waals surface area contributed by atoms with Crippen molar-refractivity contribution in [2.45, 2.75) is 17.9 Å². The summed E-state index contributed by atoms with van der Waals surface area (Å²) in [6, 6.07) is 22.6. The fourth-order valence-electron chi connectivity index (χ4n) is 2.65. The molecule has 0 aromatic heterocycles. The van der Waals surface area contributed by atoms with Crippen molar-refractivity contribution in [2.24, 2.45) is 4.99 Å². The van der Waals surface area contributed by atoms with E-state index in [2.05, 4.69) is 32.8 Å². The molecule has 3 aromatic carbocycles. The zero-order valence-electron chi connectivity index (χ0n) is 17.0. The lowest BCUT2D eigenvalue weighted by molar-refractivity contribution is 0.238. The molecule has 0 saturated heterocycles. The van der Waals surface area contributed by atoms with Crippen molar-refractivity contribution in [2.75, 3.05) is 7.05 Å². The van der Waals surface area contributed by atoms with Crippen molar-refractivity contribution in [1.29, 1.82) is 0 Å². The van der Waals surface area contributed by atoms with E-state index in [0.717, 1.165) is 14.3 Å². The van der Waals surface area contributed by atoms with Crippen molar-refractivity contribution in [1.82, 2.24) is 4.31 Å². The predicted molar refractivity (Wildman–Crippen MR) is 127 cm³/mol. The van der Waals surface area contributed by atoms with Crippen LogP contribution in [0.25, 0.3) is 0 Å². The minimum absolute atomic E-state index is 0.00272. The van der Waals surface area contributed by atoms with Crippen LogP contribution in [0, 0.1) is 18.8 Å². The molecule has 1 N–H and O–H groups in total. The fraction of sp³-hybridized carbons (Fsp3) is 0.125. The van der Waals surface area contributed by atoms with Gasteiger partial charge in [0.05, 0.1) is 10.6 Å². The van der Waals surface area contributed by atoms with Gasteiger partial charge in [-0.25, -0.2) is 17.7 Å². The van der Waals surface area contributed by atoms with Crippen LogP contribution in [0.5, 0.6) is 0 Å². The van der Waals surface area contributed by atoms with Gasteiger partial charge in [-0.2, -0.15) is 0 Å². The standard InChI is InChI=1S/C24H21BrN2O3S/c1-18-8-14-22(15-9-18)31(29,30)27(2)24(26-21-6-4-3-5-7-21)17-16-23(28)19-10-12-20(25)13-11-19/h3-15,23,28H,1-2H3. The third-order valence-corrected chi connectivity index (χ3v) is 6.77. The molecule has 31 heavy (non-hydrogen) atoms. The van der Waals surface area contributed by atoms with E-state index in [4.69, 9.17) is 0 Å². The Morgan fingerprint density at radius 2 is 1.61 bits per heavy atom. The number of hydrogen-bond donors (Lipinski definition) is 1. The highest BCUT2D eigenvalue weighted by atomic mass is 79.9. The zero-order valence-corrected chi connectivity index (χ0v) is 19.4. The molecule has 5 nitrogen and oxygen atoms in total. The van der Waals surface area contributed by atoms with Crippen LogP contribution in [0.15, 0.2) is 93.2 Å². The molecule has 0 aliphatic rings. The summed E-state index contributed by atoms with van der Waals surface area (Å²) in [5, 5.41) is 10.4. The summed E-state index contributed by atoms with van der Waals surface area (Å²) < 4.78 is 28.2. The molecule has 0 radical (unpaired) electrons. The number of benzene rings is 3. The van der Waals surface area contributed by atoms with Gasteiger partial charge in [-0.15, -0.1) is 0 Å². The number of nitrogens with zero attached hydrogens (tertiary/aromatic N) is 2. The van der Waals surface area contributed by atoms with E-state index in [1.807, 2.05) is 13.0 Å². The highest BCUT2D eigenvalue weighted by Crippen LogP contribution is 2.19. The number of halogens is 1. The van der Waals surface area contributed by atoms with Crippen molar-refractivity contribution in [3.63, 3.8) is 0 Å². The Morgan fingerprint density at radius 3 is 2.23 bits per heavy atom. The van der Waals surface area contributed by atoms with Crippen molar-refractivity contribution in [3.05, 3.63) is 94.5 Å². The van der Waals surface area contributed by atoms with E-state index in [9.17, 15) is 13.5 Å². The number of sulfonamides is 1. The minimum atomic E-state index is -3.88. The molecule has 0 heterocycles. The van der Waals surface area contributed by atoms with Crippen molar-refractivity contribution in [3.8, 4) is 11.8 Å². The van der Waals surface area contributed by atoms with Gasteiger partial charge in [0.2, 0.25) is 0 Å². The summed E-state index contributed by atoms with van der Waals surface area (Å²) in [6.45, 7) is 1.89. The third-order valence-electron chi connectivity index (χ3n) is 4.48. The molecule has 0 amide bonds. The molecule has 3 aromatic rings. The average molecular weight is 497 g/mol. The second-order valence-electron chi connectivity index (χ2n) is 6.78. The first kappa shape index (κ1) is 22.8. The number of hydrogen-bond acceptors (Lipinski definition) is 4. The number of aliphatic hydroxyl groups excluding tert-OH is 1. The van der Waals surface area contributed by atoms with E-state index < -0.39 is 16.1 Å². The lowest BCUT2D eigenvalue weighted by Gasteiger charge is -2.18. The van der Waals surface area contributed by atoms with Crippen molar-refractivity contribution >= 4 is 37.5 Å². The topological polar surface area (TPSA) is 70.0 Å². The Labute approximate surface area is 191 Å². The normalized spacial score (nSPS) is 12.6. The van der Waals surface area contributed by atoms with Crippen LogP contribution >= 0.6 is 15.9 Å². The molecule has 1 unspecified atom stereocenters. The first-order chi connectivity index (χ1) is 14.8. The summed E-state index contributed by atoms with van der Waals surface area (Å²) in [5.41, 5.74) is 2.10. The highest BCUT2D eigenvalue weighted by molar-refractivity contribution is 9.10. The van der Waals surface area contributed by atoms with Crippen molar-refractivity contribution < 1.29 is 13.5 Å². The molecule has 0 spiro atoms. The molecule has 0 aliphatic heterocycles. The maximum atomic E-state index is 13.1. The van der Waals surface area contributed by atoms with Gasteiger partial charge in [0, 0.05) is 11.5 Å². The zero-order chi connectivity index (χ0) is 22.4. The molecule has 0 bridgehead atoms. The van der Waals surface area contributed by atoms with E-state index in [1.54, 1.807) is 72.8 Å². The van der Waals surface area contributed by atoms with Gasteiger partial charge in [0.15, 0.2) is 5.84 Å².